The van der Waals surface area contributed by atoms with E-state index in [9.17, 15) is 9.50 Å². The fourth-order valence-electron chi connectivity index (χ4n) is 2.11. The van der Waals surface area contributed by atoms with E-state index in [0.29, 0.717) is 0 Å². The van der Waals surface area contributed by atoms with Crippen molar-refractivity contribution in [3.05, 3.63) is 17.7 Å². The number of aliphatic hydroxyl groups excluding tert-OH is 2. The molecule has 10 heteroatoms. The first-order chi connectivity index (χ1) is 10.5. The second-order valence-corrected chi connectivity index (χ2v) is 4.64. The maximum absolute atomic E-state index is 14.0. The zero-order valence-corrected chi connectivity index (χ0v) is 11.9. The molecular weight excluding hydrogens is 297 g/mol. The molecule has 0 bridgehead atoms. The molecule has 122 valence electrons. The van der Waals surface area contributed by atoms with Gasteiger partial charge in [0.25, 0.3) is 5.90 Å². The monoisotopic (exact) mass is 315 g/mol. The topological polar surface area (TPSA) is 150 Å². The van der Waals surface area contributed by atoms with Gasteiger partial charge in [-0.25, -0.2) is 9.37 Å². The molecule has 0 aromatic carbocycles. The third kappa shape index (κ3) is 3.24. The van der Waals surface area contributed by atoms with Crippen LogP contribution in [0.3, 0.4) is 0 Å². The third-order valence-electron chi connectivity index (χ3n) is 3.11. The van der Waals surface area contributed by atoms with Crippen molar-refractivity contribution < 1.29 is 24.1 Å². The molecule has 0 spiro atoms. The molecule has 2 rings (SSSR count). The summed E-state index contributed by atoms with van der Waals surface area (Å²) in [7, 11) is 0. The van der Waals surface area contributed by atoms with Gasteiger partial charge in [0.15, 0.2) is 12.0 Å². The van der Waals surface area contributed by atoms with Crippen molar-refractivity contribution in [3.63, 3.8) is 0 Å². The van der Waals surface area contributed by atoms with Crippen molar-refractivity contribution in [2.45, 2.75) is 31.4 Å². The van der Waals surface area contributed by atoms with Crippen LogP contribution >= 0.6 is 0 Å². The summed E-state index contributed by atoms with van der Waals surface area (Å²) in [6.07, 6.45) is -3.89. The number of aliphatic imine (C=N–C) groups is 1. The largest absolute Gasteiger partial charge is 0.475 e. The fourth-order valence-corrected chi connectivity index (χ4v) is 2.11. The Morgan fingerprint density at radius 2 is 2.41 bits per heavy atom. The number of guanidine groups is 1. The van der Waals surface area contributed by atoms with Crippen LogP contribution in [0.2, 0.25) is 0 Å². The lowest BCUT2D eigenvalue weighted by Gasteiger charge is -2.10. The van der Waals surface area contributed by atoms with Gasteiger partial charge in [-0.3, -0.25) is 5.41 Å². The predicted octanol–water partition coefficient (Wildman–Crippen LogP) is -0.783. The quantitative estimate of drug-likeness (QED) is 0.363. The summed E-state index contributed by atoms with van der Waals surface area (Å²) in [5.41, 5.74) is 5.45. The van der Waals surface area contributed by atoms with E-state index in [0.717, 1.165) is 0 Å². The molecule has 1 aliphatic heterocycles. The highest BCUT2D eigenvalue weighted by atomic mass is 19.1. The van der Waals surface area contributed by atoms with E-state index in [1.165, 1.54) is 6.20 Å². The normalized spacial score (nSPS) is 28.8. The van der Waals surface area contributed by atoms with Gasteiger partial charge < -0.3 is 30.4 Å². The minimum atomic E-state index is -1.70. The van der Waals surface area contributed by atoms with E-state index in [-0.39, 0.29) is 24.0 Å². The minimum absolute atomic E-state index is 0.00564. The maximum atomic E-state index is 14.0. The molecule has 0 saturated carbocycles. The lowest BCUT2D eigenvalue weighted by molar-refractivity contribution is -0.0236. The molecule has 0 aliphatic carbocycles. The van der Waals surface area contributed by atoms with Crippen LogP contribution in [-0.4, -0.2) is 63.6 Å². The Balaban J connectivity index is 2.22. The van der Waals surface area contributed by atoms with Gasteiger partial charge in [-0.05, 0) is 6.92 Å². The van der Waals surface area contributed by atoms with Gasteiger partial charge in [0.2, 0.25) is 5.96 Å². The van der Waals surface area contributed by atoms with Crippen molar-refractivity contribution >= 4 is 11.9 Å². The number of alkyl halides is 1. The molecule has 6 N–H and O–H groups in total. The maximum Gasteiger partial charge on any atom is 0.261 e. The highest BCUT2D eigenvalue weighted by Crippen LogP contribution is 2.34. The standard InChI is InChI=1S/C12H18FN5O4/c1-2-21-11(18-12(14)15)10-16-3-5(17-10)9-7(13)8(20)6(4-19)22-9/h3,6-9,19-20H,2,4H2,1H3,(H3,14,15)(H,16,17)/t6-,7-,8-,9+/m1/s1. The molecule has 1 aromatic heterocycles. The second kappa shape index (κ2) is 6.81. The summed E-state index contributed by atoms with van der Waals surface area (Å²) < 4.78 is 24.5. The van der Waals surface area contributed by atoms with Crippen molar-refractivity contribution in [1.29, 1.82) is 5.41 Å². The summed E-state index contributed by atoms with van der Waals surface area (Å²) in [5.74, 6) is -0.309. The van der Waals surface area contributed by atoms with Crippen LogP contribution in [0.5, 0.6) is 0 Å². The molecule has 1 aliphatic rings. The van der Waals surface area contributed by atoms with E-state index in [1.54, 1.807) is 6.92 Å². The predicted molar refractivity (Wildman–Crippen MR) is 74.3 cm³/mol. The Kier molecular flexibility index (Phi) is 5.06. The van der Waals surface area contributed by atoms with E-state index in [2.05, 4.69) is 15.0 Å². The Morgan fingerprint density at radius 3 is 2.95 bits per heavy atom. The number of aromatic amines is 1. The van der Waals surface area contributed by atoms with Gasteiger partial charge in [0, 0.05) is 0 Å². The van der Waals surface area contributed by atoms with Gasteiger partial charge in [0.1, 0.15) is 18.3 Å². The molecule has 9 nitrogen and oxygen atoms in total. The summed E-state index contributed by atoms with van der Waals surface area (Å²) in [4.78, 5) is 10.4. The van der Waals surface area contributed by atoms with Gasteiger partial charge in [-0.15, -0.1) is 0 Å². The fraction of sp³-hybridized carbons (Fsp3) is 0.583. The van der Waals surface area contributed by atoms with Crippen molar-refractivity contribution in [3.8, 4) is 0 Å². The molecule has 0 unspecified atom stereocenters. The lowest BCUT2D eigenvalue weighted by Crippen LogP contribution is -2.30. The van der Waals surface area contributed by atoms with E-state index >= 15 is 0 Å². The van der Waals surface area contributed by atoms with Gasteiger partial charge in [-0.1, -0.05) is 0 Å². The third-order valence-corrected chi connectivity index (χ3v) is 3.11. The Bertz CT molecular complexity index is 563. The molecule has 0 amide bonds. The van der Waals surface area contributed by atoms with Crippen LogP contribution in [0, 0.1) is 5.41 Å². The molecule has 0 radical (unpaired) electrons. The number of ether oxygens (including phenoxy) is 2. The zero-order chi connectivity index (χ0) is 16.3. The summed E-state index contributed by atoms with van der Waals surface area (Å²) in [6.45, 7) is 1.51. The van der Waals surface area contributed by atoms with Crippen molar-refractivity contribution in [2.75, 3.05) is 13.2 Å². The molecular formula is C12H18FN5O4. The molecule has 1 aromatic rings. The number of aromatic nitrogens is 2. The first-order valence-corrected chi connectivity index (χ1v) is 6.67. The average molecular weight is 315 g/mol. The second-order valence-electron chi connectivity index (χ2n) is 4.64. The number of aliphatic hydroxyl groups is 2. The lowest BCUT2D eigenvalue weighted by atomic mass is 10.1. The molecule has 4 atom stereocenters. The van der Waals surface area contributed by atoms with Crippen LogP contribution in [0.15, 0.2) is 11.2 Å². The Morgan fingerprint density at radius 1 is 1.68 bits per heavy atom. The van der Waals surface area contributed by atoms with E-state index < -0.39 is 37.1 Å². The highest BCUT2D eigenvalue weighted by Gasteiger charge is 2.45. The smallest absolute Gasteiger partial charge is 0.261 e. The summed E-state index contributed by atoms with van der Waals surface area (Å²) in [6, 6.07) is 0. The minimum Gasteiger partial charge on any atom is -0.475 e. The first-order valence-electron chi connectivity index (χ1n) is 6.67. The summed E-state index contributed by atoms with van der Waals surface area (Å²) >= 11 is 0. The number of nitrogens with one attached hydrogen (secondary N) is 2. The Hall–Kier alpha value is -2.04. The van der Waals surface area contributed by atoms with Crippen LogP contribution in [0.4, 0.5) is 4.39 Å². The number of hydrogen-bond acceptors (Lipinski definition) is 6. The van der Waals surface area contributed by atoms with E-state index in [1.807, 2.05) is 0 Å². The number of nitrogens with zero attached hydrogens (tertiary/aromatic N) is 2. The Labute approximate surface area is 125 Å². The zero-order valence-electron chi connectivity index (χ0n) is 11.9. The van der Waals surface area contributed by atoms with Crippen LogP contribution in [0.1, 0.15) is 24.5 Å². The van der Waals surface area contributed by atoms with E-state index in [4.69, 9.17) is 25.7 Å². The number of hydrogen-bond donors (Lipinski definition) is 5. The van der Waals surface area contributed by atoms with Crippen LogP contribution in [-0.2, 0) is 9.47 Å². The van der Waals surface area contributed by atoms with Gasteiger partial charge in [0.05, 0.1) is 25.1 Å². The molecule has 1 fully saturated rings. The van der Waals surface area contributed by atoms with Crippen LogP contribution in [0.25, 0.3) is 0 Å². The van der Waals surface area contributed by atoms with Crippen molar-refractivity contribution in [1.82, 2.24) is 9.97 Å². The van der Waals surface area contributed by atoms with Crippen molar-refractivity contribution in [2.24, 2.45) is 10.7 Å². The average Bonchev–Trinajstić information content (AvgIpc) is 3.05. The SMILES string of the molecule is CCOC(=NC(=N)N)c1ncc([C@@H]2O[C@H](CO)[C@@H](O)[C@H]2F)[nH]1. The molecule has 22 heavy (non-hydrogen) atoms. The molecule has 2 heterocycles. The number of nitrogens with two attached hydrogens (primary N) is 1. The highest BCUT2D eigenvalue weighted by molar-refractivity contribution is 5.98. The number of halogens is 1. The molecule has 1 saturated heterocycles. The van der Waals surface area contributed by atoms with Gasteiger partial charge in [-0.2, -0.15) is 4.99 Å². The number of H-pyrrole nitrogens is 1. The number of imidazole rings is 1. The number of rotatable bonds is 4. The first kappa shape index (κ1) is 16.3. The summed E-state index contributed by atoms with van der Waals surface area (Å²) in [5, 5.41) is 25.8. The van der Waals surface area contributed by atoms with Gasteiger partial charge >= 0.3 is 0 Å². The van der Waals surface area contributed by atoms with Crippen LogP contribution < -0.4 is 5.73 Å².